The maximum atomic E-state index is 12.3. The number of pyridine rings is 1. The topological polar surface area (TPSA) is 45.1 Å². The summed E-state index contributed by atoms with van der Waals surface area (Å²) in [6, 6.07) is 6.37. The van der Waals surface area contributed by atoms with Crippen molar-refractivity contribution in [3.05, 3.63) is 40.8 Å². The van der Waals surface area contributed by atoms with Crippen LogP contribution in [0.1, 0.15) is 0 Å². The van der Waals surface area contributed by atoms with Crippen molar-refractivity contribution >= 4 is 21.9 Å². The first-order valence-corrected chi connectivity index (χ1v) is 6.80. The Balaban J connectivity index is 2.66. The van der Waals surface area contributed by atoms with E-state index >= 15 is 0 Å². The minimum atomic E-state index is -2.58. The van der Waals surface area contributed by atoms with Gasteiger partial charge >= 0.3 is 0 Å². The lowest BCUT2D eigenvalue weighted by atomic mass is 10.2. The number of fused-ring (bicyclic) bond motifs is 1. The molecule has 0 aliphatic heterocycles. The lowest BCUT2D eigenvalue weighted by molar-refractivity contribution is 0.125. The number of hydrogen-bond acceptors (Lipinski definition) is 2. The van der Waals surface area contributed by atoms with Crippen molar-refractivity contribution in [2.75, 3.05) is 6.26 Å². The third kappa shape index (κ3) is 2.39. The van der Waals surface area contributed by atoms with Crippen LogP contribution in [0, 0.1) is 0 Å². The number of nitrogens with zero attached hydrogens (tertiary/aromatic N) is 1. The number of halogens is 2. The average molecular weight is 271 g/mol. The van der Waals surface area contributed by atoms with Gasteiger partial charge in [0.2, 0.25) is 0 Å². The molecular formula is C12H11F2NO2S. The Labute approximate surface area is 105 Å². The molecule has 6 heteroatoms. The molecule has 18 heavy (non-hydrogen) atoms. The molecule has 0 saturated heterocycles. The Morgan fingerprint density at radius 3 is 2.67 bits per heavy atom. The first-order chi connectivity index (χ1) is 8.50. The summed E-state index contributed by atoms with van der Waals surface area (Å²) in [5.41, 5.74) is -0.486. The fraction of sp³-hybridized carbons (Fsp3) is 0.250. The zero-order valence-corrected chi connectivity index (χ0v) is 10.4. The Bertz CT molecular complexity index is 625. The maximum Gasteiger partial charge on any atom is 0.258 e. The Kier molecular flexibility index (Phi) is 3.68. The molecule has 2 aromatic rings. The minimum absolute atomic E-state index is 0.311. The molecule has 0 aliphatic carbocycles. The highest BCUT2D eigenvalue weighted by Crippen LogP contribution is 2.20. The first kappa shape index (κ1) is 13.0. The standard InChI is InChI=1S/C12H11F2NO2S/c1-18(17)10-4-2-3-9-8(10)5-6-15(12(9)16)7-11(13)14/h2-6,11H,7H2,1H3. The van der Waals surface area contributed by atoms with Crippen molar-refractivity contribution in [2.45, 2.75) is 17.9 Å². The molecule has 96 valence electrons. The molecule has 3 nitrogen and oxygen atoms in total. The van der Waals surface area contributed by atoms with Gasteiger partial charge in [-0.2, -0.15) is 0 Å². The van der Waals surface area contributed by atoms with Gasteiger partial charge in [0.15, 0.2) is 4.90 Å². The maximum absolute atomic E-state index is 12.3. The van der Waals surface area contributed by atoms with Gasteiger partial charge in [-0.25, -0.2) is 8.78 Å². The van der Waals surface area contributed by atoms with Gasteiger partial charge in [0.05, 0.1) is 11.9 Å². The van der Waals surface area contributed by atoms with Gasteiger partial charge in [0, 0.05) is 11.6 Å². The van der Waals surface area contributed by atoms with Crippen molar-refractivity contribution in [1.29, 1.82) is 0 Å². The zero-order valence-electron chi connectivity index (χ0n) is 9.60. The van der Waals surface area contributed by atoms with Crippen LogP contribution in [0.4, 0.5) is 8.78 Å². The van der Waals surface area contributed by atoms with Crippen LogP contribution in [0.25, 0.3) is 10.8 Å². The molecule has 1 atom stereocenters. The molecule has 0 amide bonds. The highest BCUT2D eigenvalue weighted by molar-refractivity contribution is 7.91. The highest BCUT2D eigenvalue weighted by atomic mass is 32.2. The van der Waals surface area contributed by atoms with Crippen molar-refractivity contribution in [3.8, 4) is 0 Å². The van der Waals surface area contributed by atoms with Crippen LogP contribution in [-0.2, 0) is 17.7 Å². The van der Waals surface area contributed by atoms with E-state index in [1.54, 1.807) is 24.3 Å². The van der Waals surface area contributed by atoms with Crippen molar-refractivity contribution in [1.82, 2.24) is 4.57 Å². The van der Waals surface area contributed by atoms with Gasteiger partial charge in [0.25, 0.3) is 12.0 Å². The SMILES string of the molecule is C[S+]([O-])c1cccc2c(=O)n(CC(F)F)ccc12. The van der Waals surface area contributed by atoms with Crippen LogP contribution in [0.3, 0.4) is 0 Å². The minimum Gasteiger partial charge on any atom is -0.612 e. The molecule has 0 fully saturated rings. The van der Waals surface area contributed by atoms with Gasteiger partial charge in [-0.05, 0) is 29.4 Å². The molecule has 0 bridgehead atoms. The van der Waals surface area contributed by atoms with Gasteiger partial charge in [-0.1, -0.05) is 6.07 Å². The van der Waals surface area contributed by atoms with E-state index in [2.05, 4.69) is 0 Å². The third-order valence-corrected chi connectivity index (χ3v) is 3.60. The van der Waals surface area contributed by atoms with Gasteiger partial charge < -0.3 is 9.12 Å². The smallest absolute Gasteiger partial charge is 0.258 e. The molecule has 0 saturated carbocycles. The first-order valence-electron chi connectivity index (χ1n) is 5.24. The molecule has 1 aromatic heterocycles. The second-order valence-corrected chi connectivity index (χ2v) is 5.18. The molecule has 2 rings (SSSR count). The molecule has 0 aliphatic rings. The van der Waals surface area contributed by atoms with Crippen molar-refractivity contribution < 1.29 is 13.3 Å². The van der Waals surface area contributed by atoms with Crippen LogP contribution in [0.5, 0.6) is 0 Å². The Morgan fingerprint density at radius 2 is 2.06 bits per heavy atom. The lowest BCUT2D eigenvalue weighted by Gasteiger charge is -2.10. The molecule has 0 N–H and O–H groups in total. The van der Waals surface area contributed by atoms with Crippen molar-refractivity contribution in [3.63, 3.8) is 0 Å². The summed E-state index contributed by atoms with van der Waals surface area (Å²) in [6.45, 7) is -0.631. The molecular weight excluding hydrogens is 260 g/mol. The predicted molar refractivity (Wildman–Crippen MR) is 66.5 cm³/mol. The Morgan fingerprint density at radius 1 is 1.33 bits per heavy atom. The second-order valence-electron chi connectivity index (χ2n) is 3.84. The number of alkyl halides is 2. The van der Waals surface area contributed by atoms with Crippen LogP contribution in [-0.4, -0.2) is 21.8 Å². The summed E-state index contributed by atoms with van der Waals surface area (Å²) in [6.07, 6.45) is 0.246. The normalized spacial score (nSPS) is 13.2. The summed E-state index contributed by atoms with van der Waals surface area (Å²) in [5, 5.41) is 0.861. The van der Waals surface area contributed by atoms with Crippen LogP contribution in [0.2, 0.25) is 0 Å². The monoisotopic (exact) mass is 271 g/mol. The highest BCUT2D eigenvalue weighted by Gasteiger charge is 2.14. The van der Waals surface area contributed by atoms with Gasteiger partial charge in [-0.3, -0.25) is 4.79 Å². The molecule has 1 heterocycles. The molecule has 0 spiro atoms. The fourth-order valence-electron chi connectivity index (χ4n) is 1.83. The van der Waals surface area contributed by atoms with E-state index in [4.69, 9.17) is 0 Å². The molecule has 1 aromatic carbocycles. The quantitative estimate of drug-likeness (QED) is 0.801. The number of hydrogen-bond donors (Lipinski definition) is 0. The summed E-state index contributed by atoms with van der Waals surface area (Å²) in [4.78, 5) is 12.5. The summed E-state index contributed by atoms with van der Waals surface area (Å²) in [5.74, 6) is 0. The molecule has 1 unspecified atom stereocenters. The Hall–Kier alpha value is -1.40. The van der Waals surface area contributed by atoms with E-state index in [9.17, 15) is 18.1 Å². The van der Waals surface area contributed by atoms with Gasteiger partial charge in [0.1, 0.15) is 6.26 Å². The zero-order chi connectivity index (χ0) is 13.3. The van der Waals surface area contributed by atoms with Gasteiger partial charge in [-0.15, -0.1) is 0 Å². The second kappa shape index (κ2) is 5.07. The van der Waals surface area contributed by atoms with E-state index in [1.807, 2.05) is 0 Å². The van der Waals surface area contributed by atoms with E-state index in [0.717, 1.165) is 4.57 Å². The number of benzene rings is 1. The average Bonchev–Trinajstić information content (AvgIpc) is 2.31. The van der Waals surface area contributed by atoms with E-state index in [-0.39, 0.29) is 0 Å². The summed E-state index contributed by atoms with van der Waals surface area (Å²) in [7, 11) is 0. The lowest BCUT2D eigenvalue weighted by Crippen LogP contribution is -2.23. The van der Waals surface area contributed by atoms with E-state index in [0.29, 0.717) is 15.7 Å². The van der Waals surface area contributed by atoms with Crippen LogP contribution < -0.4 is 5.56 Å². The van der Waals surface area contributed by atoms with Crippen LogP contribution >= 0.6 is 0 Å². The number of rotatable bonds is 3. The summed E-state index contributed by atoms with van der Waals surface area (Å²) >= 11 is -1.23. The van der Waals surface area contributed by atoms with E-state index < -0.39 is 29.7 Å². The summed E-state index contributed by atoms with van der Waals surface area (Å²) < 4.78 is 37.1. The third-order valence-electron chi connectivity index (χ3n) is 2.62. The largest absolute Gasteiger partial charge is 0.612 e. The number of aromatic nitrogens is 1. The molecule has 0 radical (unpaired) electrons. The van der Waals surface area contributed by atoms with E-state index in [1.165, 1.54) is 12.5 Å². The predicted octanol–water partition coefficient (Wildman–Crippen LogP) is 2.00. The van der Waals surface area contributed by atoms with Crippen LogP contribution in [0.15, 0.2) is 40.2 Å². The van der Waals surface area contributed by atoms with Crippen molar-refractivity contribution in [2.24, 2.45) is 0 Å². The fourth-order valence-corrected chi connectivity index (χ4v) is 2.59.